The molecule has 0 aliphatic heterocycles. The van der Waals surface area contributed by atoms with Crippen LogP contribution in [0.25, 0.3) is 5.69 Å². The van der Waals surface area contributed by atoms with Gasteiger partial charge in [-0.15, -0.1) is 10.2 Å². The average Bonchev–Trinajstić information content (AvgIpc) is 2.65. The Bertz CT molecular complexity index is 524. The Kier molecular flexibility index (Phi) is 2.87. The predicted molar refractivity (Wildman–Crippen MR) is 57.7 cm³/mol. The SMILES string of the molecule is O=C(O)Cc1nncn1-c1cccc(Cl)c1. The fourth-order valence-corrected chi connectivity index (χ4v) is 1.54. The number of aliphatic carboxylic acids is 1. The van der Waals surface area contributed by atoms with Gasteiger partial charge in [0.2, 0.25) is 0 Å². The zero-order chi connectivity index (χ0) is 11.5. The van der Waals surface area contributed by atoms with Crippen molar-refractivity contribution < 1.29 is 9.90 Å². The van der Waals surface area contributed by atoms with E-state index in [1.54, 1.807) is 28.8 Å². The maximum atomic E-state index is 10.6. The predicted octanol–water partition coefficient (Wildman–Crippen LogP) is 1.55. The number of nitrogens with zero attached hydrogens (tertiary/aromatic N) is 3. The molecule has 1 aromatic heterocycles. The van der Waals surface area contributed by atoms with Crippen LogP contribution in [0.3, 0.4) is 0 Å². The molecule has 0 radical (unpaired) electrons. The van der Waals surface area contributed by atoms with E-state index in [0.29, 0.717) is 10.8 Å². The third-order valence-corrected chi connectivity index (χ3v) is 2.25. The van der Waals surface area contributed by atoms with Crippen LogP contribution in [0.5, 0.6) is 0 Å². The summed E-state index contributed by atoms with van der Waals surface area (Å²) in [6.07, 6.45) is 1.29. The smallest absolute Gasteiger partial charge is 0.311 e. The van der Waals surface area contributed by atoms with Crippen molar-refractivity contribution in [3.63, 3.8) is 0 Å². The normalized spacial score (nSPS) is 10.3. The van der Waals surface area contributed by atoms with Gasteiger partial charge in [-0.1, -0.05) is 17.7 Å². The molecule has 1 N–H and O–H groups in total. The van der Waals surface area contributed by atoms with Crippen molar-refractivity contribution in [3.05, 3.63) is 41.4 Å². The van der Waals surface area contributed by atoms with E-state index in [4.69, 9.17) is 16.7 Å². The molecule has 0 saturated carbocycles. The number of benzene rings is 1. The Morgan fingerprint density at radius 3 is 3.00 bits per heavy atom. The Labute approximate surface area is 96.3 Å². The zero-order valence-electron chi connectivity index (χ0n) is 8.17. The fraction of sp³-hybridized carbons (Fsp3) is 0.100. The fourth-order valence-electron chi connectivity index (χ4n) is 1.36. The lowest BCUT2D eigenvalue weighted by Crippen LogP contribution is -2.07. The van der Waals surface area contributed by atoms with Gasteiger partial charge in [0.25, 0.3) is 0 Å². The first-order chi connectivity index (χ1) is 7.66. The number of halogens is 1. The molecule has 16 heavy (non-hydrogen) atoms. The van der Waals surface area contributed by atoms with E-state index in [-0.39, 0.29) is 6.42 Å². The molecule has 5 nitrogen and oxygen atoms in total. The monoisotopic (exact) mass is 237 g/mol. The molecule has 1 heterocycles. The van der Waals surface area contributed by atoms with Crippen molar-refractivity contribution in [1.29, 1.82) is 0 Å². The second-order valence-electron chi connectivity index (χ2n) is 3.17. The van der Waals surface area contributed by atoms with E-state index in [1.165, 1.54) is 6.33 Å². The second kappa shape index (κ2) is 4.32. The maximum Gasteiger partial charge on any atom is 0.311 e. The van der Waals surface area contributed by atoms with Gasteiger partial charge in [-0.05, 0) is 18.2 Å². The van der Waals surface area contributed by atoms with E-state index >= 15 is 0 Å². The first-order valence-corrected chi connectivity index (χ1v) is 4.91. The first kappa shape index (κ1) is 10.6. The van der Waals surface area contributed by atoms with Crippen LogP contribution in [-0.4, -0.2) is 25.8 Å². The van der Waals surface area contributed by atoms with Gasteiger partial charge in [-0.2, -0.15) is 0 Å². The van der Waals surface area contributed by atoms with Gasteiger partial charge in [-0.3, -0.25) is 9.36 Å². The molecule has 0 aliphatic rings. The van der Waals surface area contributed by atoms with E-state index in [0.717, 1.165) is 5.69 Å². The molecule has 0 atom stereocenters. The van der Waals surface area contributed by atoms with Crippen LogP contribution in [0.1, 0.15) is 5.82 Å². The van der Waals surface area contributed by atoms with Crippen LogP contribution in [-0.2, 0) is 11.2 Å². The number of hydrogen-bond acceptors (Lipinski definition) is 3. The molecule has 0 bridgehead atoms. The molecule has 82 valence electrons. The van der Waals surface area contributed by atoms with Crippen molar-refractivity contribution in [2.24, 2.45) is 0 Å². The summed E-state index contributed by atoms with van der Waals surface area (Å²) in [7, 11) is 0. The van der Waals surface area contributed by atoms with Crippen LogP contribution in [0.4, 0.5) is 0 Å². The minimum absolute atomic E-state index is 0.174. The third-order valence-electron chi connectivity index (χ3n) is 2.01. The minimum atomic E-state index is -0.948. The van der Waals surface area contributed by atoms with Gasteiger partial charge < -0.3 is 5.11 Å². The van der Waals surface area contributed by atoms with Gasteiger partial charge in [0, 0.05) is 10.7 Å². The van der Waals surface area contributed by atoms with E-state index in [1.807, 2.05) is 0 Å². The number of carboxylic acid groups (broad SMARTS) is 1. The molecule has 0 spiro atoms. The quantitative estimate of drug-likeness (QED) is 0.880. The number of carbonyl (C=O) groups is 1. The molecule has 0 fully saturated rings. The summed E-state index contributed by atoms with van der Waals surface area (Å²) in [5.74, 6) is -0.578. The number of hydrogen-bond donors (Lipinski definition) is 1. The van der Waals surface area contributed by atoms with Crippen LogP contribution in [0.15, 0.2) is 30.6 Å². The largest absolute Gasteiger partial charge is 0.481 e. The highest BCUT2D eigenvalue weighted by Crippen LogP contribution is 2.15. The highest BCUT2D eigenvalue weighted by Gasteiger charge is 2.10. The Morgan fingerprint density at radius 1 is 1.50 bits per heavy atom. The molecule has 0 aliphatic carbocycles. The maximum absolute atomic E-state index is 10.6. The Balaban J connectivity index is 2.40. The van der Waals surface area contributed by atoms with Crippen LogP contribution >= 0.6 is 11.6 Å². The number of aromatic nitrogens is 3. The molecule has 2 rings (SSSR count). The van der Waals surface area contributed by atoms with E-state index < -0.39 is 5.97 Å². The minimum Gasteiger partial charge on any atom is -0.481 e. The Hall–Kier alpha value is -1.88. The van der Waals surface area contributed by atoms with Crippen molar-refractivity contribution >= 4 is 17.6 Å². The van der Waals surface area contributed by atoms with Crippen molar-refractivity contribution in [3.8, 4) is 5.69 Å². The molecule has 2 aromatic rings. The molecular formula is C10H8ClN3O2. The van der Waals surface area contributed by atoms with Gasteiger partial charge in [0.15, 0.2) is 0 Å². The number of rotatable bonds is 3. The zero-order valence-corrected chi connectivity index (χ0v) is 8.92. The summed E-state index contributed by atoms with van der Waals surface area (Å²) in [5.41, 5.74) is 0.744. The molecule has 0 amide bonds. The summed E-state index contributed by atoms with van der Waals surface area (Å²) in [6.45, 7) is 0. The van der Waals surface area contributed by atoms with Crippen LogP contribution in [0.2, 0.25) is 5.02 Å². The Morgan fingerprint density at radius 2 is 2.31 bits per heavy atom. The first-order valence-electron chi connectivity index (χ1n) is 4.53. The standard InChI is InChI=1S/C10H8ClN3O2/c11-7-2-1-3-8(4-7)14-6-12-13-9(14)5-10(15)16/h1-4,6H,5H2,(H,15,16). The molecular weight excluding hydrogens is 230 g/mol. The summed E-state index contributed by atoms with van der Waals surface area (Å²) in [5, 5.41) is 16.7. The van der Waals surface area contributed by atoms with Crippen molar-refractivity contribution in [2.45, 2.75) is 6.42 Å². The lowest BCUT2D eigenvalue weighted by atomic mass is 10.3. The summed E-state index contributed by atoms with van der Waals surface area (Å²) < 4.78 is 1.60. The summed E-state index contributed by atoms with van der Waals surface area (Å²) >= 11 is 5.85. The van der Waals surface area contributed by atoms with E-state index in [9.17, 15) is 4.79 Å². The van der Waals surface area contributed by atoms with Crippen LogP contribution < -0.4 is 0 Å². The highest BCUT2D eigenvalue weighted by molar-refractivity contribution is 6.30. The highest BCUT2D eigenvalue weighted by atomic mass is 35.5. The molecule has 0 saturated heterocycles. The topological polar surface area (TPSA) is 68.0 Å². The lowest BCUT2D eigenvalue weighted by Gasteiger charge is -2.04. The van der Waals surface area contributed by atoms with Gasteiger partial charge in [0.1, 0.15) is 18.6 Å². The number of carboxylic acids is 1. The summed E-state index contributed by atoms with van der Waals surface area (Å²) in [6, 6.07) is 7.05. The van der Waals surface area contributed by atoms with Gasteiger partial charge in [0.05, 0.1) is 0 Å². The summed E-state index contributed by atoms with van der Waals surface area (Å²) in [4.78, 5) is 10.6. The average molecular weight is 238 g/mol. The molecule has 6 heteroatoms. The van der Waals surface area contributed by atoms with Gasteiger partial charge in [-0.25, -0.2) is 0 Å². The molecule has 1 aromatic carbocycles. The van der Waals surface area contributed by atoms with Gasteiger partial charge >= 0.3 is 5.97 Å². The van der Waals surface area contributed by atoms with Crippen LogP contribution in [0, 0.1) is 0 Å². The molecule has 0 unspecified atom stereocenters. The van der Waals surface area contributed by atoms with E-state index in [2.05, 4.69) is 10.2 Å². The lowest BCUT2D eigenvalue weighted by molar-refractivity contribution is -0.136. The van der Waals surface area contributed by atoms with Crippen molar-refractivity contribution in [2.75, 3.05) is 0 Å². The third kappa shape index (κ3) is 2.20. The van der Waals surface area contributed by atoms with Crippen molar-refractivity contribution in [1.82, 2.24) is 14.8 Å². The second-order valence-corrected chi connectivity index (χ2v) is 3.60.